The van der Waals surface area contributed by atoms with Gasteiger partial charge in [-0.3, -0.25) is 14.2 Å². The number of aromatic nitrogens is 2. The molecule has 1 unspecified atom stereocenters. The van der Waals surface area contributed by atoms with Crippen molar-refractivity contribution >= 4 is 16.8 Å². The van der Waals surface area contributed by atoms with Crippen LogP contribution in [0.4, 0.5) is 0 Å². The van der Waals surface area contributed by atoms with Crippen molar-refractivity contribution in [3.05, 3.63) is 70.3 Å². The van der Waals surface area contributed by atoms with E-state index >= 15 is 0 Å². The number of rotatable bonds is 7. The van der Waals surface area contributed by atoms with Crippen molar-refractivity contribution in [1.82, 2.24) is 19.4 Å². The van der Waals surface area contributed by atoms with Gasteiger partial charge in [0.15, 0.2) is 0 Å². The molecule has 0 N–H and O–H groups in total. The third-order valence-electron chi connectivity index (χ3n) is 5.90. The molecule has 1 aliphatic carbocycles. The van der Waals surface area contributed by atoms with Gasteiger partial charge in [0.1, 0.15) is 5.82 Å². The number of nitrogens with zero attached hydrogens (tertiary/aromatic N) is 4. The number of likely N-dealkylation sites (N-methyl/N-ethyl adjacent to an activating group) is 1. The van der Waals surface area contributed by atoms with Crippen LogP contribution in [0.25, 0.3) is 16.6 Å². The van der Waals surface area contributed by atoms with Gasteiger partial charge in [0.2, 0.25) is 5.91 Å². The van der Waals surface area contributed by atoms with Crippen LogP contribution in [-0.4, -0.2) is 52.4 Å². The molecule has 31 heavy (non-hydrogen) atoms. The molecule has 1 saturated carbocycles. The van der Waals surface area contributed by atoms with Crippen molar-refractivity contribution in [2.75, 3.05) is 27.2 Å². The zero-order valence-electron chi connectivity index (χ0n) is 18.7. The van der Waals surface area contributed by atoms with Gasteiger partial charge in [-0.1, -0.05) is 24.3 Å². The molecule has 1 amide bonds. The van der Waals surface area contributed by atoms with E-state index in [1.54, 1.807) is 4.57 Å². The second-order valence-corrected chi connectivity index (χ2v) is 8.75. The zero-order chi connectivity index (χ0) is 22.1. The first-order chi connectivity index (χ1) is 14.9. The lowest BCUT2D eigenvalue weighted by molar-refractivity contribution is -0.135. The number of aryl methyl sites for hydroxylation is 1. The molecule has 2 aromatic carbocycles. The Morgan fingerprint density at radius 1 is 1.13 bits per heavy atom. The van der Waals surface area contributed by atoms with E-state index in [1.165, 1.54) is 0 Å². The van der Waals surface area contributed by atoms with Crippen LogP contribution in [0.1, 0.15) is 37.2 Å². The minimum Gasteiger partial charge on any atom is -0.331 e. The van der Waals surface area contributed by atoms with Gasteiger partial charge >= 0.3 is 0 Å². The third kappa shape index (κ3) is 4.39. The van der Waals surface area contributed by atoms with Crippen molar-refractivity contribution in [2.45, 2.75) is 32.7 Å². The molecule has 3 aromatic rings. The molecule has 1 atom stereocenters. The highest BCUT2D eigenvalue weighted by Crippen LogP contribution is 2.34. The van der Waals surface area contributed by atoms with Crippen molar-refractivity contribution in [1.29, 1.82) is 0 Å². The van der Waals surface area contributed by atoms with Gasteiger partial charge in [0.25, 0.3) is 5.56 Å². The Morgan fingerprint density at radius 2 is 1.87 bits per heavy atom. The Kier molecular flexibility index (Phi) is 5.92. The highest BCUT2D eigenvalue weighted by Gasteiger charge is 2.36. The molecule has 1 fully saturated rings. The second kappa shape index (κ2) is 8.63. The van der Waals surface area contributed by atoms with E-state index < -0.39 is 0 Å². The Labute approximate surface area is 183 Å². The number of benzene rings is 2. The van der Waals surface area contributed by atoms with Gasteiger partial charge in [0.05, 0.1) is 22.6 Å². The Bertz CT molecular complexity index is 1160. The van der Waals surface area contributed by atoms with Gasteiger partial charge in [-0.2, -0.15) is 0 Å². The van der Waals surface area contributed by atoms with Crippen LogP contribution in [-0.2, 0) is 4.79 Å². The molecule has 0 bridgehead atoms. The molecule has 1 aliphatic rings. The van der Waals surface area contributed by atoms with Crippen molar-refractivity contribution in [3.8, 4) is 5.69 Å². The average molecular weight is 419 g/mol. The first kappa shape index (κ1) is 21.2. The quantitative estimate of drug-likeness (QED) is 0.589. The predicted octanol–water partition coefficient (Wildman–Crippen LogP) is 3.56. The molecular weight excluding hydrogens is 388 g/mol. The Hall–Kier alpha value is -2.99. The molecule has 0 spiro atoms. The lowest BCUT2D eigenvalue weighted by atomic mass is 10.1. The molecule has 1 heterocycles. The highest BCUT2D eigenvalue weighted by molar-refractivity contribution is 5.82. The summed E-state index contributed by atoms with van der Waals surface area (Å²) in [6.45, 7) is 5.34. The predicted molar refractivity (Wildman–Crippen MR) is 123 cm³/mol. The van der Waals surface area contributed by atoms with Gasteiger partial charge in [-0.15, -0.1) is 0 Å². The van der Waals surface area contributed by atoms with Crippen molar-refractivity contribution < 1.29 is 4.79 Å². The monoisotopic (exact) mass is 418 g/mol. The number of para-hydroxylation sites is 1. The lowest BCUT2D eigenvalue weighted by Crippen LogP contribution is -2.41. The fourth-order valence-corrected chi connectivity index (χ4v) is 3.95. The fourth-order valence-electron chi connectivity index (χ4n) is 3.95. The first-order valence-electron chi connectivity index (χ1n) is 10.9. The van der Waals surface area contributed by atoms with Crippen LogP contribution in [0.5, 0.6) is 0 Å². The minimum atomic E-state index is -0.328. The van der Waals surface area contributed by atoms with Gasteiger partial charge in [-0.25, -0.2) is 4.98 Å². The highest BCUT2D eigenvalue weighted by atomic mass is 16.2. The van der Waals surface area contributed by atoms with Gasteiger partial charge < -0.3 is 9.80 Å². The molecule has 6 nitrogen and oxygen atoms in total. The normalized spacial score (nSPS) is 14.7. The Balaban J connectivity index is 1.88. The molecule has 4 rings (SSSR count). The zero-order valence-corrected chi connectivity index (χ0v) is 18.7. The number of fused-ring (bicyclic) bond motifs is 1. The van der Waals surface area contributed by atoms with E-state index in [4.69, 9.17) is 4.98 Å². The van der Waals surface area contributed by atoms with E-state index in [0.29, 0.717) is 23.3 Å². The summed E-state index contributed by atoms with van der Waals surface area (Å²) in [6.07, 6.45) is 1.89. The van der Waals surface area contributed by atoms with E-state index in [-0.39, 0.29) is 23.4 Å². The average Bonchev–Trinajstić information content (AvgIpc) is 3.58. The molecule has 1 aromatic heterocycles. The topological polar surface area (TPSA) is 58.4 Å². The molecular formula is C25H30N4O2. The summed E-state index contributed by atoms with van der Waals surface area (Å²) in [7, 11) is 4.00. The second-order valence-electron chi connectivity index (χ2n) is 8.75. The van der Waals surface area contributed by atoms with Crippen LogP contribution < -0.4 is 5.56 Å². The summed E-state index contributed by atoms with van der Waals surface area (Å²) in [4.78, 5) is 35.6. The standard InChI is InChI=1S/C25H30N4O2/c1-17-8-7-9-20(16-17)29-23(26-22-11-6-5-10-21(22)25(29)31)18(2)28(15-14-27(3)4)24(30)19-12-13-19/h5-11,16,18-19H,12-15H2,1-4H3. The number of hydrogen-bond acceptors (Lipinski definition) is 4. The van der Waals surface area contributed by atoms with Crippen LogP contribution in [0.2, 0.25) is 0 Å². The third-order valence-corrected chi connectivity index (χ3v) is 5.90. The summed E-state index contributed by atoms with van der Waals surface area (Å²) < 4.78 is 1.68. The smallest absolute Gasteiger partial charge is 0.266 e. The maximum atomic E-state index is 13.6. The van der Waals surface area contributed by atoms with E-state index in [0.717, 1.165) is 30.6 Å². The number of amides is 1. The first-order valence-corrected chi connectivity index (χ1v) is 10.9. The Morgan fingerprint density at radius 3 is 2.55 bits per heavy atom. The molecule has 0 radical (unpaired) electrons. The van der Waals surface area contributed by atoms with Crippen LogP contribution in [0.3, 0.4) is 0 Å². The summed E-state index contributed by atoms with van der Waals surface area (Å²) >= 11 is 0. The van der Waals surface area contributed by atoms with Crippen molar-refractivity contribution in [2.24, 2.45) is 5.92 Å². The maximum absolute atomic E-state index is 13.6. The van der Waals surface area contributed by atoms with E-state index in [2.05, 4.69) is 4.90 Å². The van der Waals surface area contributed by atoms with Gasteiger partial charge in [-0.05, 0) is 70.6 Å². The van der Waals surface area contributed by atoms with Gasteiger partial charge in [0, 0.05) is 19.0 Å². The summed E-state index contributed by atoms with van der Waals surface area (Å²) in [6, 6.07) is 15.0. The number of hydrogen-bond donors (Lipinski definition) is 0. The molecule has 6 heteroatoms. The summed E-state index contributed by atoms with van der Waals surface area (Å²) in [5, 5.41) is 0.577. The molecule has 0 saturated heterocycles. The van der Waals surface area contributed by atoms with E-state index in [1.807, 2.05) is 81.4 Å². The van der Waals surface area contributed by atoms with E-state index in [9.17, 15) is 9.59 Å². The van der Waals surface area contributed by atoms with Crippen LogP contribution >= 0.6 is 0 Å². The minimum absolute atomic E-state index is 0.101. The van der Waals surface area contributed by atoms with Crippen LogP contribution in [0.15, 0.2) is 53.3 Å². The summed E-state index contributed by atoms with van der Waals surface area (Å²) in [5.41, 5.74) is 2.39. The fraction of sp³-hybridized carbons (Fsp3) is 0.400. The van der Waals surface area contributed by atoms with Crippen molar-refractivity contribution in [3.63, 3.8) is 0 Å². The maximum Gasteiger partial charge on any atom is 0.266 e. The molecule has 162 valence electrons. The molecule has 0 aliphatic heterocycles. The largest absolute Gasteiger partial charge is 0.331 e. The summed E-state index contributed by atoms with van der Waals surface area (Å²) in [5.74, 6) is 0.860. The van der Waals surface area contributed by atoms with Crippen LogP contribution in [0, 0.1) is 12.8 Å². The number of carbonyl (C=O) groups is 1. The lowest BCUT2D eigenvalue weighted by Gasteiger charge is -2.31. The number of carbonyl (C=O) groups excluding carboxylic acids is 1. The SMILES string of the molecule is Cc1cccc(-n2c(C(C)N(CCN(C)C)C(=O)C3CC3)nc3ccccc3c2=O)c1.